The van der Waals surface area contributed by atoms with E-state index in [0.29, 0.717) is 37.8 Å². The van der Waals surface area contributed by atoms with Crippen molar-refractivity contribution in [3.8, 4) is 17.2 Å². The molecular formula is C21H22N4O3. The zero-order chi connectivity index (χ0) is 19.3. The van der Waals surface area contributed by atoms with Gasteiger partial charge in [0.25, 0.3) is 5.89 Å². The lowest BCUT2D eigenvalue weighted by molar-refractivity contribution is -0.128. The normalized spacial score (nSPS) is 16.5. The van der Waals surface area contributed by atoms with E-state index < -0.39 is 0 Å². The highest BCUT2D eigenvalue weighted by Crippen LogP contribution is 2.29. The van der Waals surface area contributed by atoms with Crippen molar-refractivity contribution in [1.29, 1.82) is 0 Å². The van der Waals surface area contributed by atoms with Gasteiger partial charge >= 0.3 is 0 Å². The number of carbonyl (C=O) groups is 1. The number of pyridine rings is 1. The lowest BCUT2D eigenvalue weighted by Crippen LogP contribution is -2.24. The molecule has 0 bridgehead atoms. The molecule has 7 heteroatoms. The molecule has 1 saturated heterocycles. The second kappa shape index (κ2) is 8.21. The first-order valence-corrected chi connectivity index (χ1v) is 9.46. The average Bonchev–Trinajstić information content (AvgIpc) is 3.36. The minimum atomic E-state index is -0.0565. The highest BCUT2D eigenvalue weighted by atomic mass is 16.5. The minimum Gasteiger partial charge on any atom is -0.494 e. The Labute approximate surface area is 163 Å². The highest BCUT2D eigenvalue weighted by Gasteiger charge is 2.33. The molecule has 1 atom stereocenters. The number of benzene rings is 1. The van der Waals surface area contributed by atoms with Crippen molar-refractivity contribution in [2.75, 3.05) is 13.2 Å². The maximum atomic E-state index is 12.5. The van der Waals surface area contributed by atoms with Gasteiger partial charge in [0.2, 0.25) is 5.91 Å². The van der Waals surface area contributed by atoms with Crippen molar-refractivity contribution < 1.29 is 14.1 Å². The molecule has 0 saturated carbocycles. The molecule has 1 aromatic carbocycles. The number of amides is 1. The molecule has 28 heavy (non-hydrogen) atoms. The van der Waals surface area contributed by atoms with Gasteiger partial charge in [-0.25, -0.2) is 0 Å². The summed E-state index contributed by atoms with van der Waals surface area (Å²) in [6.45, 7) is 3.94. The van der Waals surface area contributed by atoms with Gasteiger partial charge in [-0.1, -0.05) is 24.2 Å². The standard InChI is InChI=1S/C21H22N4O3/c1-2-11-27-18-5-3-15(4-6-18)13-25-14-17(12-19(25)26)20-23-21(28-24-20)16-7-9-22-10-8-16/h3-10,17H,2,11-14H2,1H3. The van der Waals surface area contributed by atoms with E-state index in [-0.39, 0.29) is 11.8 Å². The molecule has 0 spiro atoms. The van der Waals surface area contributed by atoms with Crippen LogP contribution in [0.2, 0.25) is 0 Å². The summed E-state index contributed by atoms with van der Waals surface area (Å²) in [4.78, 5) is 22.8. The zero-order valence-electron chi connectivity index (χ0n) is 15.7. The Bertz CT molecular complexity index is 924. The molecule has 0 radical (unpaired) electrons. The Kier molecular flexibility index (Phi) is 5.32. The fourth-order valence-electron chi connectivity index (χ4n) is 3.24. The van der Waals surface area contributed by atoms with Crippen LogP contribution >= 0.6 is 0 Å². The van der Waals surface area contributed by atoms with E-state index in [0.717, 1.165) is 23.3 Å². The van der Waals surface area contributed by atoms with E-state index in [2.05, 4.69) is 22.0 Å². The molecule has 3 heterocycles. The Morgan fingerprint density at radius 2 is 1.96 bits per heavy atom. The van der Waals surface area contributed by atoms with Crippen molar-refractivity contribution in [3.05, 3.63) is 60.2 Å². The Morgan fingerprint density at radius 1 is 1.18 bits per heavy atom. The van der Waals surface area contributed by atoms with Crippen LogP contribution < -0.4 is 4.74 Å². The van der Waals surface area contributed by atoms with Crippen LogP contribution in [0.3, 0.4) is 0 Å². The third-order valence-corrected chi connectivity index (χ3v) is 4.72. The van der Waals surface area contributed by atoms with Crippen LogP contribution in [0.4, 0.5) is 0 Å². The molecule has 1 fully saturated rings. The zero-order valence-corrected chi connectivity index (χ0v) is 15.7. The van der Waals surface area contributed by atoms with Gasteiger partial charge in [0.1, 0.15) is 5.75 Å². The topological polar surface area (TPSA) is 81.3 Å². The first-order chi connectivity index (χ1) is 13.7. The predicted octanol–water partition coefficient (Wildman–Crippen LogP) is 3.44. The molecule has 7 nitrogen and oxygen atoms in total. The fourth-order valence-corrected chi connectivity index (χ4v) is 3.24. The summed E-state index contributed by atoms with van der Waals surface area (Å²) < 4.78 is 11.0. The van der Waals surface area contributed by atoms with Crippen LogP contribution in [0.1, 0.15) is 37.1 Å². The molecule has 0 N–H and O–H groups in total. The summed E-state index contributed by atoms with van der Waals surface area (Å²) in [5.41, 5.74) is 1.89. The summed E-state index contributed by atoms with van der Waals surface area (Å²) in [6, 6.07) is 11.5. The van der Waals surface area contributed by atoms with E-state index in [1.54, 1.807) is 12.4 Å². The smallest absolute Gasteiger partial charge is 0.258 e. The lowest BCUT2D eigenvalue weighted by Gasteiger charge is -2.16. The Morgan fingerprint density at radius 3 is 2.71 bits per heavy atom. The summed E-state index contributed by atoms with van der Waals surface area (Å²) in [5.74, 6) is 1.93. The molecule has 3 aromatic rings. The predicted molar refractivity (Wildman–Crippen MR) is 103 cm³/mol. The van der Waals surface area contributed by atoms with Crippen LogP contribution in [0.25, 0.3) is 11.5 Å². The van der Waals surface area contributed by atoms with Gasteiger partial charge in [-0.15, -0.1) is 0 Å². The fraction of sp³-hybridized carbons (Fsp3) is 0.333. The lowest BCUT2D eigenvalue weighted by atomic mass is 10.1. The molecule has 144 valence electrons. The van der Waals surface area contributed by atoms with Crippen molar-refractivity contribution in [3.63, 3.8) is 0 Å². The summed E-state index contributed by atoms with van der Waals surface area (Å²) in [5, 5.41) is 4.09. The Balaban J connectivity index is 1.39. The highest BCUT2D eigenvalue weighted by molar-refractivity contribution is 5.79. The summed E-state index contributed by atoms with van der Waals surface area (Å²) in [6.07, 6.45) is 4.73. The number of nitrogens with zero attached hydrogens (tertiary/aromatic N) is 4. The molecule has 2 aromatic heterocycles. The van der Waals surface area contributed by atoms with Gasteiger partial charge in [-0.2, -0.15) is 4.98 Å². The first-order valence-electron chi connectivity index (χ1n) is 9.46. The number of rotatable bonds is 7. The number of likely N-dealkylation sites (tertiary alicyclic amines) is 1. The SMILES string of the molecule is CCCOc1ccc(CN2CC(c3noc(-c4ccncc4)n3)CC2=O)cc1. The second-order valence-electron chi connectivity index (χ2n) is 6.86. The van der Waals surface area contributed by atoms with E-state index in [1.807, 2.05) is 41.3 Å². The third kappa shape index (κ3) is 4.03. The first kappa shape index (κ1) is 18.2. The molecular weight excluding hydrogens is 356 g/mol. The number of hydrogen-bond donors (Lipinski definition) is 0. The van der Waals surface area contributed by atoms with Crippen LogP contribution in [-0.4, -0.2) is 39.1 Å². The summed E-state index contributed by atoms with van der Waals surface area (Å²) >= 11 is 0. The van der Waals surface area contributed by atoms with E-state index in [1.165, 1.54) is 0 Å². The maximum absolute atomic E-state index is 12.5. The second-order valence-corrected chi connectivity index (χ2v) is 6.86. The third-order valence-electron chi connectivity index (χ3n) is 4.72. The monoisotopic (exact) mass is 378 g/mol. The maximum Gasteiger partial charge on any atom is 0.258 e. The van der Waals surface area contributed by atoms with Crippen LogP contribution in [-0.2, 0) is 11.3 Å². The molecule has 1 aliphatic heterocycles. The quantitative estimate of drug-likeness (QED) is 0.626. The van der Waals surface area contributed by atoms with Crippen molar-refractivity contribution in [1.82, 2.24) is 20.0 Å². The molecule has 1 aliphatic rings. The van der Waals surface area contributed by atoms with Crippen LogP contribution in [0.5, 0.6) is 5.75 Å². The van der Waals surface area contributed by atoms with Gasteiger partial charge in [-0.3, -0.25) is 9.78 Å². The number of carbonyl (C=O) groups excluding carboxylic acids is 1. The summed E-state index contributed by atoms with van der Waals surface area (Å²) in [7, 11) is 0. The van der Waals surface area contributed by atoms with Gasteiger partial charge in [0.05, 0.1) is 6.61 Å². The minimum absolute atomic E-state index is 0.0565. The van der Waals surface area contributed by atoms with Crippen molar-refractivity contribution in [2.45, 2.75) is 32.2 Å². The van der Waals surface area contributed by atoms with Gasteiger partial charge in [0.15, 0.2) is 5.82 Å². The van der Waals surface area contributed by atoms with Crippen LogP contribution in [0, 0.1) is 0 Å². The molecule has 4 rings (SSSR count). The van der Waals surface area contributed by atoms with E-state index in [9.17, 15) is 4.79 Å². The van der Waals surface area contributed by atoms with Gasteiger partial charge in [0, 0.05) is 43.4 Å². The molecule has 0 aliphatic carbocycles. The van der Waals surface area contributed by atoms with Gasteiger partial charge < -0.3 is 14.2 Å². The number of hydrogen-bond acceptors (Lipinski definition) is 6. The van der Waals surface area contributed by atoms with E-state index in [4.69, 9.17) is 9.26 Å². The van der Waals surface area contributed by atoms with E-state index >= 15 is 0 Å². The molecule has 1 unspecified atom stereocenters. The average molecular weight is 378 g/mol. The van der Waals surface area contributed by atoms with Gasteiger partial charge in [-0.05, 0) is 36.2 Å². The number of ether oxygens (including phenoxy) is 1. The largest absolute Gasteiger partial charge is 0.494 e. The Hall–Kier alpha value is -3.22. The van der Waals surface area contributed by atoms with Crippen molar-refractivity contribution >= 4 is 5.91 Å². The van der Waals surface area contributed by atoms with Crippen molar-refractivity contribution in [2.24, 2.45) is 0 Å². The number of aromatic nitrogens is 3. The van der Waals surface area contributed by atoms with Crippen LogP contribution in [0.15, 0.2) is 53.3 Å². The molecule has 1 amide bonds.